The van der Waals surface area contributed by atoms with E-state index in [1.165, 1.54) is 5.69 Å². The van der Waals surface area contributed by atoms with E-state index in [0.29, 0.717) is 19.4 Å². The Kier molecular flexibility index (Phi) is 5.67. The third-order valence-corrected chi connectivity index (χ3v) is 4.22. The summed E-state index contributed by atoms with van der Waals surface area (Å²) in [5.41, 5.74) is 3.16. The van der Waals surface area contributed by atoms with Gasteiger partial charge in [-0.2, -0.15) is 0 Å². The number of nitrogens with one attached hydrogen (secondary N) is 2. The van der Waals surface area contributed by atoms with E-state index >= 15 is 0 Å². The number of rotatable bonds is 8. The van der Waals surface area contributed by atoms with E-state index in [1.54, 1.807) is 0 Å². The minimum Gasteiger partial charge on any atom is -0.375 e. The van der Waals surface area contributed by atoms with Crippen LogP contribution in [0.5, 0.6) is 0 Å². The van der Waals surface area contributed by atoms with Gasteiger partial charge in [0.05, 0.1) is 11.0 Å². The molecule has 5 nitrogen and oxygen atoms in total. The molecule has 0 radical (unpaired) electrons. The number of carbonyl (C=O) groups excluding carboxylic acids is 1. The molecular formula is C20H24N4O. The molecule has 0 bridgehead atoms. The van der Waals surface area contributed by atoms with Crippen molar-refractivity contribution >= 4 is 22.6 Å². The number of fused-ring (bicyclic) bond motifs is 1. The van der Waals surface area contributed by atoms with E-state index in [1.807, 2.05) is 42.5 Å². The van der Waals surface area contributed by atoms with Gasteiger partial charge in [-0.25, -0.2) is 4.98 Å². The zero-order valence-corrected chi connectivity index (χ0v) is 14.5. The van der Waals surface area contributed by atoms with Gasteiger partial charge in [0.25, 0.3) is 0 Å². The maximum absolute atomic E-state index is 12.0. The monoisotopic (exact) mass is 336 g/mol. The van der Waals surface area contributed by atoms with Gasteiger partial charge in [-0.05, 0) is 30.7 Å². The lowest BCUT2D eigenvalue weighted by atomic mass is 10.2. The first-order valence-electron chi connectivity index (χ1n) is 8.69. The molecule has 130 valence electrons. The number of aryl methyl sites for hydroxylation is 1. The van der Waals surface area contributed by atoms with Gasteiger partial charge in [0.15, 0.2) is 0 Å². The number of H-pyrrole nitrogens is 1. The molecule has 1 heterocycles. The maximum atomic E-state index is 12.0. The summed E-state index contributed by atoms with van der Waals surface area (Å²) in [6.07, 6.45) is 2.00. The smallest absolute Gasteiger partial charge is 0.220 e. The number of imidazole rings is 1. The van der Waals surface area contributed by atoms with Crippen LogP contribution in [0.2, 0.25) is 0 Å². The SMILES string of the molecule is CN(CCCNC(=O)CCc1nc2ccccc2[nH]1)c1ccccc1. The van der Waals surface area contributed by atoms with E-state index < -0.39 is 0 Å². The Morgan fingerprint density at radius 3 is 2.68 bits per heavy atom. The lowest BCUT2D eigenvalue weighted by Crippen LogP contribution is -2.28. The normalized spacial score (nSPS) is 10.8. The lowest BCUT2D eigenvalue weighted by molar-refractivity contribution is -0.121. The first-order chi connectivity index (χ1) is 12.2. The van der Waals surface area contributed by atoms with Gasteiger partial charge in [-0.15, -0.1) is 0 Å². The number of para-hydroxylation sites is 3. The molecule has 0 aliphatic carbocycles. The molecular weight excluding hydrogens is 312 g/mol. The highest BCUT2D eigenvalue weighted by Gasteiger charge is 2.06. The van der Waals surface area contributed by atoms with E-state index in [4.69, 9.17) is 0 Å². The van der Waals surface area contributed by atoms with Gasteiger partial charge in [-0.1, -0.05) is 30.3 Å². The maximum Gasteiger partial charge on any atom is 0.220 e. The summed E-state index contributed by atoms with van der Waals surface area (Å²) in [6.45, 7) is 1.60. The van der Waals surface area contributed by atoms with Gasteiger partial charge in [0.1, 0.15) is 5.82 Å². The fraction of sp³-hybridized carbons (Fsp3) is 0.300. The predicted octanol–water partition coefficient (Wildman–Crippen LogP) is 3.14. The molecule has 2 aromatic carbocycles. The van der Waals surface area contributed by atoms with Crippen LogP contribution in [0.15, 0.2) is 54.6 Å². The number of aromatic amines is 1. The van der Waals surface area contributed by atoms with Gasteiger partial charge < -0.3 is 15.2 Å². The predicted molar refractivity (Wildman–Crippen MR) is 102 cm³/mol. The highest BCUT2D eigenvalue weighted by molar-refractivity contribution is 5.77. The Morgan fingerprint density at radius 2 is 1.88 bits per heavy atom. The van der Waals surface area contributed by atoms with Crippen LogP contribution in [0.1, 0.15) is 18.7 Å². The highest BCUT2D eigenvalue weighted by atomic mass is 16.1. The molecule has 0 unspecified atom stereocenters. The molecule has 3 aromatic rings. The summed E-state index contributed by atoms with van der Waals surface area (Å²) in [6, 6.07) is 18.2. The molecule has 0 saturated heterocycles. The van der Waals surface area contributed by atoms with E-state index in [0.717, 1.165) is 29.8 Å². The highest BCUT2D eigenvalue weighted by Crippen LogP contribution is 2.12. The van der Waals surface area contributed by atoms with Crippen molar-refractivity contribution in [2.75, 3.05) is 25.0 Å². The average Bonchev–Trinajstić information content (AvgIpc) is 3.07. The molecule has 1 amide bonds. The Bertz CT molecular complexity index is 780. The molecule has 25 heavy (non-hydrogen) atoms. The number of aromatic nitrogens is 2. The van der Waals surface area contributed by atoms with Crippen LogP contribution in [0, 0.1) is 0 Å². The molecule has 1 aromatic heterocycles. The van der Waals surface area contributed by atoms with Gasteiger partial charge >= 0.3 is 0 Å². The second-order valence-corrected chi connectivity index (χ2v) is 6.16. The van der Waals surface area contributed by atoms with Crippen molar-refractivity contribution in [3.05, 3.63) is 60.4 Å². The van der Waals surface area contributed by atoms with Crippen molar-refractivity contribution in [3.8, 4) is 0 Å². The standard InChI is InChI=1S/C20H24N4O/c1-24(16-8-3-2-4-9-16)15-7-14-21-20(25)13-12-19-22-17-10-5-6-11-18(17)23-19/h2-6,8-11H,7,12-15H2,1H3,(H,21,25)(H,22,23). The van der Waals surface area contributed by atoms with Crippen molar-refractivity contribution in [2.24, 2.45) is 0 Å². The molecule has 3 rings (SSSR count). The van der Waals surface area contributed by atoms with Crippen LogP contribution >= 0.6 is 0 Å². The first kappa shape index (κ1) is 17.0. The average molecular weight is 336 g/mol. The van der Waals surface area contributed by atoms with E-state index in [-0.39, 0.29) is 5.91 Å². The van der Waals surface area contributed by atoms with Crippen LogP contribution in [0.4, 0.5) is 5.69 Å². The van der Waals surface area contributed by atoms with Crippen LogP contribution in [0.25, 0.3) is 11.0 Å². The largest absolute Gasteiger partial charge is 0.375 e. The summed E-state index contributed by atoms with van der Waals surface area (Å²) in [4.78, 5) is 21.9. The van der Waals surface area contributed by atoms with Crippen molar-refractivity contribution in [1.29, 1.82) is 0 Å². The topological polar surface area (TPSA) is 61.0 Å². The Hall–Kier alpha value is -2.82. The van der Waals surface area contributed by atoms with Gasteiger partial charge in [0.2, 0.25) is 5.91 Å². The second-order valence-electron chi connectivity index (χ2n) is 6.16. The van der Waals surface area contributed by atoms with Crippen molar-refractivity contribution in [3.63, 3.8) is 0 Å². The molecule has 0 spiro atoms. The zero-order chi connectivity index (χ0) is 17.5. The summed E-state index contributed by atoms with van der Waals surface area (Å²) in [5.74, 6) is 0.933. The first-order valence-corrected chi connectivity index (χ1v) is 8.69. The molecule has 0 fully saturated rings. The number of benzene rings is 2. The molecule has 0 aliphatic rings. The van der Waals surface area contributed by atoms with Crippen molar-refractivity contribution in [2.45, 2.75) is 19.3 Å². The fourth-order valence-electron chi connectivity index (χ4n) is 2.80. The van der Waals surface area contributed by atoms with Gasteiger partial charge in [0, 0.05) is 38.7 Å². The molecule has 0 atom stereocenters. The molecule has 0 aliphatic heterocycles. The summed E-state index contributed by atoms with van der Waals surface area (Å²) in [7, 11) is 2.07. The van der Waals surface area contributed by atoms with Crippen LogP contribution in [-0.4, -0.2) is 36.0 Å². The van der Waals surface area contributed by atoms with Gasteiger partial charge in [-0.3, -0.25) is 4.79 Å². The third-order valence-electron chi connectivity index (χ3n) is 4.22. The second kappa shape index (κ2) is 8.33. The number of carbonyl (C=O) groups is 1. The Morgan fingerprint density at radius 1 is 1.12 bits per heavy atom. The molecule has 5 heteroatoms. The summed E-state index contributed by atoms with van der Waals surface area (Å²) in [5, 5.41) is 2.99. The number of hydrogen-bond donors (Lipinski definition) is 2. The Labute approximate surface area is 148 Å². The van der Waals surface area contributed by atoms with Crippen LogP contribution in [-0.2, 0) is 11.2 Å². The number of nitrogens with zero attached hydrogens (tertiary/aromatic N) is 2. The minimum atomic E-state index is 0.0721. The number of hydrogen-bond acceptors (Lipinski definition) is 3. The third kappa shape index (κ3) is 4.83. The van der Waals surface area contributed by atoms with E-state index in [2.05, 4.69) is 39.4 Å². The van der Waals surface area contributed by atoms with Crippen molar-refractivity contribution < 1.29 is 4.79 Å². The van der Waals surface area contributed by atoms with E-state index in [9.17, 15) is 4.79 Å². The van der Waals surface area contributed by atoms with Crippen molar-refractivity contribution in [1.82, 2.24) is 15.3 Å². The zero-order valence-electron chi connectivity index (χ0n) is 14.5. The molecule has 2 N–H and O–H groups in total. The summed E-state index contributed by atoms with van der Waals surface area (Å²) >= 11 is 0. The minimum absolute atomic E-state index is 0.0721. The summed E-state index contributed by atoms with van der Waals surface area (Å²) < 4.78 is 0. The quantitative estimate of drug-likeness (QED) is 0.621. The molecule has 0 saturated carbocycles. The Balaban J connectivity index is 1.35. The number of anilines is 1. The van der Waals surface area contributed by atoms with Crippen LogP contribution < -0.4 is 10.2 Å². The van der Waals surface area contributed by atoms with Crippen LogP contribution in [0.3, 0.4) is 0 Å². The number of amides is 1. The fourth-order valence-corrected chi connectivity index (χ4v) is 2.80. The lowest BCUT2D eigenvalue weighted by Gasteiger charge is -2.19.